The second-order valence-corrected chi connectivity index (χ2v) is 5.57. The van der Waals surface area contributed by atoms with Crippen LogP contribution in [-0.4, -0.2) is 71.5 Å². The van der Waals surface area contributed by atoms with Crippen LogP contribution in [-0.2, 0) is 4.79 Å². The molecule has 2 aliphatic heterocycles. The predicted molar refractivity (Wildman–Crippen MR) is 80.7 cm³/mol. The molecule has 0 saturated carbocycles. The van der Waals surface area contributed by atoms with E-state index < -0.39 is 23.9 Å². The number of halogens is 1. The Hall–Kier alpha value is -2.84. The molecular formula is C15H17FN4O4. The van der Waals surface area contributed by atoms with Crippen molar-refractivity contribution in [1.29, 1.82) is 0 Å². The number of hydrogen-bond donors (Lipinski definition) is 1. The SMILES string of the molecule is NC(=O)N1CCN2C(=O)N(CCOc3cccc(F)c3)C(=O)[C@@H]2C1. The quantitative estimate of drug-likeness (QED) is 0.796. The number of rotatable bonds is 4. The van der Waals surface area contributed by atoms with Gasteiger partial charge in [0.15, 0.2) is 0 Å². The molecule has 5 amide bonds. The molecule has 2 fully saturated rings. The lowest BCUT2D eigenvalue weighted by Crippen LogP contribution is -2.55. The van der Waals surface area contributed by atoms with Crippen LogP contribution >= 0.6 is 0 Å². The molecule has 128 valence electrons. The third-order valence-electron chi connectivity index (χ3n) is 4.10. The van der Waals surface area contributed by atoms with E-state index in [1.165, 1.54) is 28.0 Å². The number of primary amides is 1. The second kappa shape index (κ2) is 6.34. The highest BCUT2D eigenvalue weighted by Gasteiger charge is 2.47. The fraction of sp³-hybridized carbons (Fsp3) is 0.400. The standard InChI is InChI=1S/C15H17FN4O4/c16-10-2-1-3-11(8-10)24-7-6-20-13(21)12-9-18(14(17)22)4-5-19(12)15(20)23/h1-3,8,12H,4-7,9H2,(H2,17,22)/t12-/m0/s1. The molecule has 2 aliphatic rings. The van der Waals surface area contributed by atoms with Gasteiger partial charge in [0.05, 0.1) is 13.1 Å². The van der Waals surface area contributed by atoms with Crippen molar-refractivity contribution in [2.75, 3.05) is 32.8 Å². The number of benzene rings is 1. The number of carbonyl (C=O) groups is 3. The van der Waals surface area contributed by atoms with E-state index in [-0.39, 0.29) is 32.1 Å². The summed E-state index contributed by atoms with van der Waals surface area (Å²) in [4.78, 5) is 39.8. The van der Waals surface area contributed by atoms with Gasteiger partial charge in [0.2, 0.25) is 0 Å². The van der Waals surface area contributed by atoms with Crippen molar-refractivity contribution in [2.24, 2.45) is 5.73 Å². The zero-order valence-electron chi connectivity index (χ0n) is 12.9. The van der Waals surface area contributed by atoms with E-state index in [9.17, 15) is 18.8 Å². The number of piperazine rings is 1. The molecule has 0 aliphatic carbocycles. The summed E-state index contributed by atoms with van der Waals surface area (Å²) in [7, 11) is 0. The van der Waals surface area contributed by atoms with Crippen molar-refractivity contribution < 1.29 is 23.5 Å². The van der Waals surface area contributed by atoms with Crippen LogP contribution in [0.15, 0.2) is 24.3 Å². The van der Waals surface area contributed by atoms with Gasteiger partial charge < -0.3 is 20.3 Å². The van der Waals surface area contributed by atoms with Crippen molar-refractivity contribution in [3.8, 4) is 5.75 Å². The van der Waals surface area contributed by atoms with Crippen LogP contribution in [0.4, 0.5) is 14.0 Å². The van der Waals surface area contributed by atoms with Gasteiger partial charge in [-0.1, -0.05) is 6.07 Å². The molecule has 8 nitrogen and oxygen atoms in total. The van der Waals surface area contributed by atoms with Crippen LogP contribution in [0.2, 0.25) is 0 Å². The third kappa shape index (κ3) is 2.97. The summed E-state index contributed by atoms with van der Waals surface area (Å²) < 4.78 is 18.4. The summed E-state index contributed by atoms with van der Waals surface area (Å²) >= 11 is 0. The second-order valence-electron chi connectivity index (χ2n) is 5.57. The monoisotopic (exact) mass is 336 g/mol. The van der Waals surface area contributed by atoms with Crippen molar-refractivity contribution >= 4 is 18.0 Å². The normalized spacial score (nSPS) is 20.4. The van der Waals surface area contributed by atoms with Crippen molar-refractivity contribution in [2.45, 2.75) is 6.04 Å². The molecule has 24 heavy (non-hydrogen) atoms. The Balaban J connectivity index is 1.59. The fourth-order valence-corrected chi connectivity index (χ4v) is 2.87. The van der Waals surface area contributed by atoms with Gasteiger partial charge in [-0.05, 0) is 12.1 Å². The lowest BCUT2D eigenvalue weighted by molar-refractivity contribution is -0.129. The first kappa shape index (κ1) is 16.0. The van der Waals surface area contributed by atoms with Crippen molar-refractivity contribution in [3.05, 3.63) is 30.1 Å². The molecule has 0 radical (unpaired) electrons. The van der Waals surface area contributed by atoms with Crippen molar-refractivity contribution in [1.82, 2.24) is 14.7 Å². The smallest absolute Gasteiger partial charge is 0.327 e. The van der Waals surface area contributed by atoms with Gasteiger partial charge in [-0.2, -0.15) is 0 Å². The summed E-state index contributed by atoms with van der Waals surface area (Å²) in [5.41, 5.74) is 5.23. The Morgan fingerprint density at radius 2 is 2.12 bits per heavy atom. The zero-order chi connectivity index (χ0) is 17.3. The van der Waals surface area contributed by atoms with Crippen LogP contribution in [0.5, 0.6) is 5.75 Å². The number of hydrogen-bond acceptors (Lipinski definition) is 4. The van der Waals surface area contributed by atoms with Gasteiger partial charge in [0.25, 0.3) is 5.91 Å². The number of urea groups is 2. The maximum absolute atomic E-state index is 13.1. The average molecular weight is 336 g/mol. The summed E-state index contributed by atoms with van der Waals surface area (Å²) in [6.07, 6.45) is 0. The number of fused-ring (bicyclic) bond motifs is 1. The largest absolute Gasteiger partial charge is 0.492 e. The van der Waals surface area contributed by atoms with E-state index in [1.807, 2.05) is 0 Å². The molecule has 0 aromatic heterocycles. The highest BCUT2D eigenvalue weighted by Crippen LogP contribution is 2.22. The molecule has 2 saturated heterocycles. The summed E-state index contributed by atoms with van der Waals surface area (Å²) in [5.74, 6) is -0.481. The van der Waals surface area contributed by atoms with Gasteiger partial charge >= 0.3 is 12.1 Å². The summed E-state index contributed by atoms with van der Waals surface area (Å²) in [5, 5.41) is 0. The van der Waals surface area contributed by atoms with E-state index in [2.05, 4.69) is 0 Å². The van der Waals surface area contributed by atoms with E-state index in [1.54, 1.807) is 6.07 Å². The number of nitrogens with zero attached hydrogens (tertiary/aromatic N) is 3. The summed E-state index contributed by atoms with van der Waals surface area (Å²) in [6, 6.07) is 3.90. The van der Waals surface area contributed by atoms with Gasteiger partial charge in [-0.25, -0.2) is 14.0 Å². The molecule has 0 spiro atoms. The van der Waals surface area contributed by atoms with E-state index in [0.29, 0.717) is 12.3 Å². The molecule has 1 atom stereocenters. The molecule has 2 heterocycles. The first-order valence-corrected chi connectivity index (χ1v) is 7.52. The van der Waals surface area contributed by atoms with Gasteiger partial charge in [-0.3, -0.25) is 9.69 Å². The molecule has 1 aromatic carbocycles. The molecule has 0 bridgehead atoms. The lowest BCUT2D eigenvalue weighted by atomic mass is 10.2. The van der Waals surface area contributed by atoms with Crippen LogP contribution in [0.1, 0.15) is 0 Å². The number of nitrogens with two attached hydrogens (primary N) is 1. The first-order chi connectivity index (χ1) is 11.5. The number of ether oxygens (including phenoxy) is 1. The highest BCUT2D eigenvalue weighted by atomic mass is 19.1. The Bertz CT molecular complexity index is 683. The van der Waals surface area contributed by atoms with Crippen LogP contribution < -0.4 is 10.5 Å². The molecule has 3 rings (SSSR count). The van der Waals surface area contributed by atoms with Gasteiger partial charge in [-0.15, -0.1) is 0 Å². The number of imide groups is 1. The summed E-state index contributed by atoms with van der Waals surface area (Å²) in [6.45, 7) is 0.776. The minimum absolute atomic E-state index is 0.0533. The highest BCUT2D eigenvalue weighted by molar-refractivity contribution is 6.04. The minimum Gasteiger partial charge on any atom is -0.492 e. The van der Waals surface area contributed by atoms with Gasteiger partial charge in [0, 0.05) is 19.2 Å². The number of carbonyl (C=O) groups excluding carboxylic acids is 3. The van der Waals surface area contributed by atoms with E-state index in [0.717, 1.165) is 4.90 Å². The molecule has 2 N–H and O–H groups in total. The maximum atomic E-state index is 13.1. The van der Waals surface area contributed by atoms with Crippen LogP contribution in [0, 0.1) is 5.82 Å². The Morgan fingerprint density at radius 3 is 2.83 bits per heavy atom. The Morgan fingerprint density at radius 1 is 1.33 bits per heavy atom. The first-order valence-electron chi connectivity index (χ1n) is 7.52. The molecular weight excluding hydrogens is 319 g/mol. The predicted octanol–water partition coefficient (Wildman–Crippen LogP) is 0.232. The van der Waals surface area contributed by atoms with E-state index in [4.69, 9.17) is 10.5 Å². The third-order valence-corrected chi connectivity index (χ3v) is 4.10. The van der Waals surface area contributed by atoms with E-state index >= 15 is 0 Å². The molecule has 9 heteroatoms. The fourth-order valence-electron chi connectivity index (χ4n) is 2.87. The molecule has 0 unspecified atom stereocenters. The van der Waals surface area contributed by atoms with Gasteiger partial charge in [0.1, 0.15) is 24.2 Å². The Labute approximate surface area is 137 Å². The average Bonchev–Trinajstić information content (AvgIpc) is 2.79. The zero-order valence-corrected chi connectivity index (χ0v) is 12.9. The Kier molecular flexibility index (Phi) is 4.24. The maximum Gasteiger partial charge on any atom is 0.327 e. The minimum atomic E-state index is -0.701. The number of amides is 5. The van der Waals surface area contributed by atoms with Crippen LogP contribution in [0.3, 0.4) is 0 Å². The topological polar surface area (TPSA) is 96.2 Å². The molecule has 1 aromatic rings. The van der Waals surface area contributed by atoms with Crippen molar-refractivity contribution in [3.63, 3.8) is 0 Å². The van der Waals surface area contributed by atoms with Crippen LogP contribution in [0.25, 0.3) is 0 Å². The lowest BCUT2D eigenvalue weighted by Gasteiger charge is -2.34.